The number of rotatable bonds is 12. The maximum absolute atomic E-state index is 12.8. The van der Waals surface area contributed by atoms with E-state index < -0.39 is 30.9 Å². The van der Waals surface area contributed by atoms with Crippen molar-refractivity contribution in [3.63, 3.8) is 0 Å². The highest BCUT2D eigenvalue weighted by atomic mass is 16.5. The van der Waals surface area contributed by atoms with Crippen molar-refractivity contribution < 1.29 is 27.2 Å². The second kappa shape index (κ2) is 11.6. The molecule has 34 heavy (non-hydrogen) atoms. The first kappa shape index (κ1) is 18.5. The van der Waals surface area contributed by atoms with E-state index in [0.29, 0.717) is 54.3 Å². The monoisotopic (exact) mass is 479 g/mol. The lowest BCUT2D eigenvalue weighted by Crippen LogP contribution is -2.44. The van der Waals surface area contributed by atoms with Crippen molar-refractivity contribution in [2.45, 2.75) is 65.5 Å². The van der Waals surface area contributed by atoms with Crippen LogP contribution >= 0.6 is 0 Å². The van der Waals surface area contributed by atoms with Gasteiger partial charge in [-0.1, -0.05) is 0 Å². The fraction of sp³-hybridized carbons (Fsp3) is 0.640. The van der Waals surface area contributed by atoms with Crippen LogP contribution in [0.5, 0.6) is 11.5 Å². The maximum Gasteiger partial charge on any atom is 0.251 e. The van der Waals surface area contributed by atoms with Gasteiger partial charge < -0.3 is 29.7 Å². The molecular weight excluding hydrogens is 434 g/mol. The summed E-state index contributed by atoms with van der Waals surface area (Å²) in [7, 11) is 1.63. The summed E-state index contributed by atoms with van der Waals surface area (Å²) in [5.41, 5.74) is -0.939. The first-order valence-corrected chi connectivity index (χ1v) is 11.6. The molecule has 1 amide bonds. The highest BCUT2D eigenvalue weighted by molar-refractivity contribution is 5.92. The fourth-order valence-electron chi connectivity index (χ4n) is 3.59. The molecule has 0 spiro atoms. The number of nitrogens with zero attached hydrogens (tertiary/aromatic N) is 3. The summed E-state index contributed by atoms with van der Waals surface area (Å²) in [5, 5.41) is 5.59. The van der Waals surface area contributed by atoms with E-state index in [4.69, 9.17) is 22.4 Å². The van der Waals surface area contributed by atoms with Crippen molar-refractivity contribution in [2.75, 3.05) is 50.0 Å². The van der Waals surface area contributed by atoms with Crippen LogP contribution in [0.4, 0.5) is 11.8 Å². The number of aromatic nitrogens is 2. The molecule has 1 saturated heterocycles. The summed E-state index contributed by atoms with van der Waals surface area (Å²) < 4.78 is 68.7. The van der Waals surface area contributed by atoms with Gasteiger partial charge in [0.05, 0.1) is 18.2 Å². The van der Waals surface area contributed by atoms with E-state index in [1.165, 1.54) is 6.92 Å². The van der Waals surface area contributed by atoms with Crippen molar-refractivity contribution in [2.24, 2.45) is 0 Å². The van der Waals surface area contributed by atoms with Gasteiger partial charge >= 0.3 is 0 Å². The molecule has 0 saturated carbocycles. The Hall–Kier alpha value is -2.81. The third-order valence-corrected chi connectivity index (χ3v) is 5.33. The zero-order valence-electron chi connectivity index (χ0n) is 26.7. The average molecular weight is 480 g/mol. The van der Waals surface area contributed by atoms with E-state index >= 15 is 0 Å². The number of ether oxygens (including phenoxy) is 3. The minimum atomic E-state index is -3.26. The van der Waals surface area contributed by atoms with E-state index in [-0.39, 0.29) is 18.6 Å². The Morgan fingerprint density at radius 2 is 2.12 bits per heavy atom. The summed E-state index contributed by atoms with van der Waals surface area (Å²) >= 11 is 0. The first-order chi connectivity index (χ1) is 18.5. The van der Waals surface area contributed by atoms with Gasteiger partial charge in [-0.05, 0) is 59.9 Å². The fourth-order valence-corrected chi connectivity index (χ4v) is 3.59. The third kappa shape index (κ3) is 6.00. The van der Waals surface area contributed by atoms with Gasteiger partial charge in [-0.2, -0.15) is 4.98 Å². The number of carbonyl (C=O) groups excluding carboxylic acids is 1. The molecule has 1 fully saturated rings. The molecule has 2 aromatic rings. The molecule has 1 aromatic heterocycles. The molecule has 0 aliphatic carbocycles. The minimum absolute atomic E-state index is 0.113. The average Bonchev–Trinajstić information content (AvgIpc) is 3.31. The Morgan fingerprint density at radius 3 is 2.74 bits per heavy atom. The predicted molar refractivity (Wildman–Crippen MR) is 135 cm³/mol. The molecule has 1 atom stereocenters. The van der Waals surface area contributed by atoms with Gasteiger partial charge in [0.25, 0.3) is 5.91 Å². The quantitative estimate of drug-likeness (QED) is 0.475. The molecule has 0 bridgehead atoms. The smallest absolute Gasteiger partial charge is 0.251 e. The van der Waals surface area contributed by atoms with Crippen LogP contribution in [0.2, 0.25) is 0 Å². The number of anilines is 2. The Balaban J connectivity index is 2.07. The van der Waals surface area contributed by atoms with Gasteiger partial charge in [-0.25, -0.2) is 4.98 Å². The molecule has 1 aliphatic rings. The lowest BCUT2D eigenvalue weighted by molar-refractivity contribution is -0.139. The molecule has 1 unspecified atom stereocenters. The van der Waals surface area contributed by atoms with Gasteiger partial charge in [0.1, 0.15) is 11.4 Å². The topological polar surface area (TPSA) is 97.8 Å². The van der Waals surface area contributed by atoms with Gasteiger partial charge in [0, 0.05) is 52.9 Å². The van der Waals surface area contributed by atoms with Crippen LogP contribution in [0.1, 0.15) is 62.1 Å². The molecule has 1 aliphatic heterocycles. The molecule has 0 radical (unpaired) electrons. The number of hydrogen-bond donors (Lipinski definition) is 2. The molecule has 9 heteroatoms. The van der Waals surface area contributed by atoms with Gasteiger partial charge in [-0.3, -0.25) is 4.79 Å². The van der Waals surface area contributed by atoms with E-state index in [1.54, 1.807) is 26.1 Å². The summed E-state index contributed by atoms with van der Waals surface area (Å²) in [6, 6.07) is 3.36. The second-order valence-electron chi connectivity index (χ2n) is 8.28. The van der Waals surface area contributed by atoms with E-state index in [9.17, 15) is 4.79 Å². The number of fused-ring (bicyclic) bond motifs is 1. The molecule has 188 valence electrons. The highest BCUT2D eigenvalue weighted by Crippen LogP contribution is 2.36. The van der Waals surface area contributed by atoms with E-state index in [2.05, 4.69) is 20.6 Å². The van der Waals surface area contributed by atoms with Crippen LogP contribution < -0.4 is 25.0 Å². The summed E-state index contributed by atoms with van der Waals surface area (Å²) in [4.78, 5) is 22.8. The van der Waals surface area contributed by atoms with Crippen molar-refractivity contribution in [1.82, 2.24) is 15.3 Å². The normalized spacial score (nSPS) is 21.6. The van der Waals surface area contributed by atoms with Crippen molar-refractivity contribution in [1.29, 1.82) is 0 Å². The summed E-state index contributed by atoms with van der Waals surface area (Å²) in [5.74, 6) is 0.217. The largest absolute Gasteiger partial charge is 0.490 e. The molecule has 9 nitrogen and oxygen atoms in total. The second-order valence-corrected chi connectivity index (χ2v) is 8.28. The van der Waals surface area contributed by atoms with Gasteiger partial charge in [-0.15, -0.1) is 0 Å². The van der Waals surface area contributed by atoms with E-state index in [0.717, 1.165) is 4.90 Å². The number of nitrogens with one attached hydrogen (secondary N) is 2. The highest BCUT2D eigenvalue weighted by Gasteiger charge is 2.37. The van der Waals surface area contributed by atoms with Crippen molar-refractivity contribution in [3.05, 3.63) is 12.1 Å². The van der Waals surface area contributed by atoms with Crippen molar-refractivity contribution in [3.8, 4) is 11.5 Å². The van der Waals surface area contributed by atoms with Gasteiger partial charge in [0.2, 0.25) is 5.95 Å². The predicted octanol–water partition coefficient (Wildman–Crippen LogP) is 3.76. The van der Waals surface area contributed by atoms with Crippen LogP contribution in [-0.4, -0.2) is 67.4 Å². The lowest BCUT2D eigenvalue weighted by Gasteiger charge is -2.24. The zero-order chi connectivity index (χ0) is 30.1. The molecular formula is C25H39N5O4. The van der Waals surface area contributed by atoms with Gasteiger partial charge in [0.15, 0.2) is 11.5 Å². The lowest BCUT2D eigenvalue weighted by atomic mass is 10.0. The Kier molecular flexibility index (Phi) is 6.29. The van der Waals surface area contributed by atoms with Crippen LogP contribution in [0.15, 0.2) is 12.1 Å². The Bertz CT molecular complexity index is 1220. The first-order valence-electron chi connectivity index (χ1n) is 14.6. The molecule has 2 N–H and O–H groups in total. The van der Waals surface area contributed by atoms with Crippen LogP contribution in [0, 0.1) is 0 Å². The Morgan fingerprint density at radius 1 is 1.32 bits per heavy atom. The molecule has 2 heterocycles. The number of benzene rings is 1. The van der Waals surface area contributed by atoms with Crippen molar-refractivity contribution >= 4 is 28.6 Å². The SMILES string of the molecule is [2H]C([2H])(NC(=O)C1(C)CCCO1)C([2H])([2H])C([2H])([2H])N(CC)c1nc(NC)c2cc(OCC)c(OC(C)C)cc2n1. The van der Waals surface area contributed by atoms with E-state index in [1.807, 2.05) is 20.8 Å². The molecule has 1 aromatic carbocycles. The standard InChI is InChI=1S/C25H39N5O4/c1-7-30(13-10-12-27-23(31)25(5)11-9-14-33-25)24-28-19-16-21(34-17(3)4)20(32-8-2)15-18(19)22(26-6)29-24/h15-17H,7-14H2,1-6H3,(H,27,31)(H,26,28,29)/i10D2,12D2,13D2. The minimum Gasteiger partial charge on any atom is -0.490 e. The maximum atomic E-state index is 12.8. The Labute approximate surface area is 211 Å². The van der Waals surface area contributed by atoms with Crippen LogP contribution in [0.25, 0.3) is 10.9 Å². The van der Waals surface area contributed by atoms with Crippen LogP contribution in [-0.2, 0) is 9.53 Å². The summed E-state index contributed by atoms with van der Waals surface area (Å²) in [6.45, 7) is 3.14. The number of hydrogen-bond acceptors (Lipinski definition) is 8. The summed E-state index contributed by atoms with van der Waals surface area (Å²) in [6.07, 6.45) is -2.47. The molecule has 3 rings (SSSR count). The third-order valence-electron chi connectivity index (χ3n) is 5.33. The number of amides is 1. The number of carbonyl (C=O) groups is 1. The zero-order valence-corrected chi connectivity index (χ0v) is 20.7. The van der Waals surface area contributed by atoms with Crippen LogP contribution in [0.3, 0.4) is 0 Å².